The molecule has 0 radical (unpaired) electrons. The lowest BCUT2D eigenvalue weighted by molar-refractivity contribution is -0.161. The fourth-order valence-electron chi connectivity index (χ4n) is 12.7. The molecule has 0 aliphatic rings. The first-order valence-electron chi connectivity index (χ1n) is 43.3. The van der Waals surface area contributed by atoms with Crippen molar-refractivity contribution in [1.29, 1.82) is 0 Å². The van der Waals surface area contributed by atoms with E-state index in [1.54, 1.807) is 0 Å². The van der Waals surface area contributed by atoms with Gasteiger partial charge in [-0.3, -0.25) is 37.3 Å². The number of hydrogen-bond donors (Lipinski definition) is 3. The maximum Gasteiger partial charge on any atom is 0.472 e. The molecular formula is C85H162O17P2. The molecule has 0 aromatic heterocycles. The molecule has 0 bridgehead atoms. The SMILES string of the molecule is CCCCCC/C=C\C=C/CCCCCCCC(=O)O[C@H](COC(=O)CCCCCCCCCC(C)C)COP(=O)(O)OC[C@H](O)COP(=O)(O)OC[C@@H](COC(=O)CCCCCCCCCCCCCCCCCC(C)C)OC(=O)CCCCCCCCCCCCCCCCCCCCCCC. The zero-order valence-corrected chi connectivity index (χ0v) is 69.6. The van der Waals surface area contributed by atoms with E-state index in [4.69, 9.17) is 37.0 Å². The highest BCUT2D eigenvalue weighted by atomic mass is 31.2. The number of carbonyl (C=O) groups is 4. The van der Waals surface area contributed by atoms with Crippen LogP contribution in [0.15, 0.2) is 24.3 Å². The maximum absolute atomic E-state index is 13.1. The Labute approximate surface area is 637 Å². The highest BCUT2D eigenvalue weighted by Gasteiger charge is 2.30. The van der Waals surface area contributed by atoms with Crippen molar-refractivity contribution >= 4 is 39.5 Å². The molecule has 614 valence electrons. The molecule has 19 heteroatoms. The number of phosphoric acid groups is 2. The summed E-state index contributed by atoms with van der Waals surface area (Å²) in [4.78, 5) is 73.1. The van der Waals surface area contributed by atoms with Gasteiger partial charge in [-0.25, -0.2) is 9.13 Å². The van der Waals surface area contributed by atoms with Crippen LogP contribution in [0.1, 0.15) is 427 Å². The Bertz CT molecular complexity index is 2090. The van der Waals surface area contributed by atoms with E-state index in [-0.39, 0.29) is 25.7 Å². The lowest BCUT2D eigenvalue weighted by Crippen LogP contribution is -2.30. The van der Waals surface area contributed by atoms with Crippen molar-refractivity contribution in [3.8, 4) is 0 Å². The Morgan fingerprint density at radius 3 is 0.788 bits per heavy atom. The lowest BCUT2D eigenvalue weighted by Gasteiger charge is -2.21. The Morgan fingerprint density at radius 1 is 0.298 bits per heavy atom. The molecule has 17 nitrogen and oxygen atoms in total. The van der Waals surface area contributed by atoms with Crippen LogP contribution in [0.2, 0.25) is 0 Å². The van der Waals surface area contributed by atoms with Crippen LogP contribution >= 0.6 is 15.6 Å². The van der Waals surface area contributed by atoms with Crippen molar-refractivity contribution in [2.75, 3.05) is 39.6 Å². The van der Waals surface area contributed by atoms with E-state index in [0.29, 0.717) is 31.6 Å². The van der Waals surface area contributed by atoms with Crippen molar-refractivity contribution < 1.29 is 80.2 Å². The van der Waals surface area contributed by atoms with Crippen molar-refractivity contribution in [1.82, 2.24) is 0 Å². The Hall–Kier alpha value is -2.46. The van der Waals surface area contributed by atoms with Gasteiger partial charge in [-0.1, -0.05) is 374 Å². The highest BCUT2D eigenvalue weighted by molar-refractivity contribution is 7.47. The van der Waals surface area contributed by atoms with Gasteiger partial charge < -0.3 is 33.8 Å². The van der Waals surface area contributed by atoms with Gasteiger partial charge in [0, 0.05) is 25.7 Å². The second-order valence-electron chi connectivity index (χ2n) is 30.8. The number of carbonyl (C=O) groups excluding carboxylic acids is 4. The first-order valence-corrected chi connectivity index (χ1v) is 46.3. The molecule has 0 aromatic carbocycles. The van der Waals surface area contributed by atoms with E-state index in [2.05, 4.69) is 65.8 Å². The molecule has 0 spiro atoms. The number of unbranched alkanes of at least 4 members (excludes halogenated alkanes) is 49. The van der Waals surface area contributed by atoms with Gasteiger partial charge in [-0.2, -0.15) is 0 Å². The summed E-state index contributed by atoms with van der Waals surface area (Å²) in [5.41, 5.74) is 0. The lowest BCUT2D eigenvalue weighted by atomic mass is 10.0. The van der Waals surface area contributed by atoms with Crippen molar-refractivity contribution in [3.63, 3.8) is 0 Å². The number of phosphoric ester groups is 2. The largest absolute Gasteiger partial charge is 0.472 e. The molecule has 0 aliphatic carbocycles. The molecule has 5 atom stereocenters. The molecule has 0 aromatic rings. The number of rotatable bonds is 82. The van der Waals surface area contributed by atoms with Gasteiger partial charge in [0.1, 0.15) is 19.3 Å². The van der Waals surface area contributed by atoms with Gasteiger partial charge in [-0.05, 0) is 63.2 Å². The zero-order valence-electron chi connectivity index (χ0n) is 67.8. The first kappa shape index (κ1) is 102. The number of aliphatic hydroxyl groups excluding tert-OH is 1. The van der Waals surface area contributed by atoms with Gasteiger partial charge in [0.15, 0.2) is 12.2 Å². The summed E-state index contributed by atoms with van der Waals surface area (Å²) in [6.07, 6.45) is 70.4. The molecule has 0 rings (SSSR count). The van der Waals surface area contributed by atoms with Crippen LogP contribution in [0.5, 0.6) is 0 Å². The third-order valence-electron chi connectivity index (χ3n) is 19.3. The summed E-state index contributed by atoms with van der Waals surface area (Å²) >= 11 is 0. The molecule has 0 saturated carbocycles. The summed E-state index contributed by atoms with van der Waals surface area (Å²) in [7, 11) is -9.94. The third-order valence-corrected chi connectivity index (χ3v) is 21.2. The van der Waals surface area contributed by atoms with Crippen molar-refractivity contribution in [2.24, 2.45) is 11.8 Å². The van der Waals surface area contributed by atoms with Crippen LogP contribution in [0, 0.1) is 11.8 Å². The van der Waals surface area contributed by atoms with Gasteiger partial charge >= 0.3 is 39.5 Å². The van der Waals surface area contributed by atoms with E-state index in [0.717, 1.165) is 115 Å². The summed E-state index contributed by atoms with van der Waals surface area (Å²) < 4.78 is 68.8. The zero-order chi connectivity index (χ0) is 76.4. The monoisotopic (exact) mass is 1520 g/mol. The quantitative estimate of drug-likeness (QED) is 0.0169. The number of allylic oxidation sites excluding steroid dienone is 4. The van der Waals surface area contributed by atoms with E-state index < -0.39 is 97.5 Å². The molecular weight excluding hydrogens is 1350 g/mol. The fraction of sp³-hybridized carbons (Fsp3) is 0.906. The second kappa shape index (κ2) is 75.9. The minimum Gasteiger partial charge on any atom is -0.462 e. The highest BCUT2D eigenvalue weighted by Crippen LogP contribution is 2.45. The van der Waals surface area contributed by atoms with Crippen LogP contribution in [0.4, 0.5) is 0 Å². The number of esters is 4. The Kier molecular flexibility index (Phi) is 74.1. The summed E-state index contributed by atoms with van der Waals surface area (Å²) in [5.74, 6) is -0.630. The molecule has 3 N–H and O–H groups in total. The Balaban J connectivity index is 5.25. The minimum atomic E-state index is -4.97. The summed E-state index contributed by atoms with van der Waals surface area (Å²) in [5, 5.41) is 10.7. The van der Waals surface area contributed by atoms with E-state index >= 15 is 0 Å². The van der Waals surface area contributed by atoms with E-state index in [1.807, 2.05) is 0 Å². The normalized spacial score (nSPS) is 14.0. The Morgan fingerprint density at radius 2 is 0.519 bits per heavy atom. The number of hydrogen-bond acceptors (Lipinski definition) is 15. The molecule has 0 aliphatic heterocycles. The van der Waals surface area contributed by atoms with Crippen molar-refractivity contribution in [3.05, 3.63) is 24.3 Å². The molecule has 104 heavy (non-hydrogen) atoms. The van der Waals surface area contributed by atoms with Crippen LogP contribution in [-0.4, -0.2) is 96.7 Å². The maximum atomic E-state index is 13.1. The van der Waals surface area contributed by atoms with Crippen LogP contribution < -0.4 is 0 Å². The minimum absolute atomic E-state index is 0.0845. The second-order valence-corrected chi connectivity index (χ2v) is 33.7. The fourth-order valence-corrected chi connectivity index (χ4v) is 14.3. The standard InChI is InChI=1S/C85H162O17P2/c1-7-9-11-13-15-17-19-21-23-24-25-26-27-28-32-37-41-45-51-58-64-70-84(89)101-80(73-95-82(87)67-61-55-49-43-39-35-33-29-31-34-38-42-47-53-59-65-77(3)4)75-99-103(91,92)97-71-79(86)72-98-104(93,94)100-76-81(74-96-83(88)68-62-56-52-46-48-54-60-66-78(5)6)102-85(90)69-63-57-50-44-40-36-30-22-20-18-16-14-12-10-8-2/h18,20,22,30,77-81,86H,7-17,19,21,23-29,31-76H2,1-6H3,(H,91,92)(H,93,94)/b20-18-,30-22-/t79-,80-,81-/m1/s1. The van der Waals surface area contributed by atoms with Gasteiger partial charge in [0.25, 0.3) is 0 Å². The average molecular weight is 1520 g/mol. The van der Waals surface area contributed by atoms with Gasteiger partial charge in [-0.15, -0.1) is 0 Å². The molecule has 0 saturated heterocycles. The summed E-state index contributed by atoms with van der Waals surface area (Å²) in [6.45, 7) is 9.56. The average Bonchev–Trinajstić information content (AvgIpc) is 0.906. The summed E-state index contributed by atoms with van der Waals surface area (Å²) in [6, 6.07) is 0. The van der Waals surface area contributed by atoms with Crippen molar-refractivity contribution in [2.45, 2.75) is 445 Å². The topological polar surface area (TPSA) is 237 Å². The van der Waals surface area contributed by atoms with Gasteiger partial charge in [0.2, 0.25) is 0 Å². The number of aliphatic hydroxyl groups is 1. The predicted octanol–water partition coefficient (Wildman–Crippen LogP) is 25.4. The van der Waals surface area contributed by atoms with Crippen LogP contribution in [-0.2, 0) is 65.4 Å². The smallest absolute Gasteiger partial charge is 0.462 e. The molecule has 0 amide bonds. The third kappa shape index (κ3) is 77.7. The van der Waals surface area contributed by atoms with E-state index in [9.17, 15) is 43.2 Å². The predicted molar refractivity (Wildman–Crippen MR) is 427 cm³/mol. The molecule has 0 fully saturated rings. The molecule has 2 unspecified atom stereocenters. The first-order chi connectivity index (χ1) is 50.4. The van der Waals surface area contributed by atoms with Gasteiger partial charge in [0.05, 0.1) is 26.4 Å². The molecule has 0 heterocycles. The van der Waals surface area contributed by atoms with Crippen LogP contribution in [0.3, 0.4) is 0 Å². The van der Waals surface area contributed by atoms with Crippen LogP contribution in [0.25, 0.3) is 0 Å². The number of ether oxygens (including phenoxy) is 4. The van der Waals surface area contributed by atoms with E-state index in [1.165, 1.54) is 225 Å².